The fourth-order valence-electron chi connectivity index (χ4n) is 2.36. The van der Waals surface area contributed by atoms with Gasteiger partial charge in [0.25, 0.3) is 0 Å². The molecule has 134 valence electrons. The maximum atomic E-state index is 13.0. The van der Waals surface area contributed by atoms with E-state index in [0.717, 1.165) is 17.7 Å². The van der Waals surface area contributed by atoms with E-state index in [0.29, 0.717) is 12.2 Å². The first-order valence-electron chi connectivity index (χ1n) is 7.95. The van der Waals surface area contributed by atoms with Gasteiger partial charge in [0, 0.05) is 19.5 Å². The minimum atomic E-state index is -4.46. The molecule has 2 aromatic rings. The molecule has 0 aliphatic carbocycles. The summed E-state index contributed by atoms with van der Waals surface area (Å²) in [7, 11) is 1.78. The van der Waals surface area contributed by atoms with Crippen molar-refractivity contribution in [2.45, 2.75) is 26.6 Å². The Kier molecular flexibility index (Phi) is 5.72. The fraction of sp³-hybridized carbons (Fsp3) is 0.316. The topological polar surface area (TPSA) is 32.3 Å². The number of hydrogen-bond acceptors (Lipinski definition) is 2. The van der Waals surface area contributed by atoms with Gasteiger partial charge in [-0.1, -0.05) is 44.2 Å². The van der Waals surface area contributed by atoms with Crippen LogP contribution in [0.4, 0.5) is 24.5 Å². The SMILES string of the molecule is CC(C)C(=O)Nc1cc(C(F)(F)F)ccc1N(C)Cc1ccccc1. The number of nitrogens with one attached hydrogen (secondary N) is 1. The second-order valence-corrected chi connectivity index (χ2v) is 6.22. The van der Waals surface area contributed by atoms with Gasteiger partial charge in [-0.15, -0.1) is 0 Å². The van der Waals surface area contributed by atoms with E-state index in [1.807, 2.05) is 35.2 Å². The third kappa shape index (κ3) is 4.98. The molecule has 0 heterocycles. The van der Waals surface area contributed by atoms with Crippen molar-refractivity contribution in [2.75, 3.05) is 17.3 Å². The second-order valence-electron chi connectivity index (χ2n) is 6.22. The van der Waals surface area contributed by atoms with Gasteiger partial charge in [0.05, 0.1) is 16.9 Å². The second kappa shape index (κ2) is 7.59. The predicted octanol–water partition coefficient (Wildman–Crippen LogP) is 4.94. The molecule has 6 heteroatoms. The average molecular weight is 350 g/mol. The van der Waals surface area contributed by atoms with Crippen molar-refractivity contribution in [3.8, 4) is 0 Å². The minimum Gasteiger partial charge on any atom is -0.369 e. The molecule has 1 amide bonds. The number of anilines is 2. The van der Waals surface area contributed by atoms with E-state index in [9.17, 15) is 18.0 Å². The monoisotopic (exact) mass is 350 g/mol. The first-order valence-corrected chi connectivity index (χ1v) is 7.95. The number of carbonyl (C=O) groups is 1. The largest absolute Gasteiger partial charge is 0.416 e. The van der Waals surface area contributed by atoms with Crippen molar-refractivity contribution >= 4 is 17.3 Å². The molecule has 0 bridgehead atoms. The number of hydrogen-bond donors (Lipinski definition) is 1. The highest BCUT2D eigenvalue weighted by atomic mass is 19.4. The summed E-state index contributed by atoms with van der Waals surface area (Å²) >= 11 is 0. The summed E-state index contributed by atoms with van der Waals surface area (Å²) in [5.41, 5.74) is 0.923. The quantitative estimate of drug-likeness (QED) is 0.829. The van der Waals surface area contributed by atoms with E-state index in [1.54, 1.807) is 20.9 Å². The van der Waals surface area contributed by atoms with Gasteiger partial charge in [0.1, 0.15) is 0 Å². The molecule has 1 N–H and O–H groups in total. The molecule has 0 unspecified atom stereocenters. The maximum Gasteiger partial charge on any atom is 0.416 e. The Balaban J connectivity index is 2.36. The average Bonchev–Trinajstić information content (AvgIpc) is 2.54. The Morgan fingerprint density at radius 2 is 1.76 bits per heavy atom. The number of carbonyl (C=O) groups excluding carboxylic acids is 1. The zero-order chi connectivity index (χ0) is 18.6. The zero-order valence-corrected chi connectivity index (χ0v) is 14.4. The Bertz CT molecular complexity index is 727. The van der Waals surface area contributed by atoms with E-state index >= 15 is 0 Å². The van der Waals surface area contributed by atoms with Crippen LogP contribution in [0.3, 0.4) is 0 Å². The minimum absolute atomic E-state index is 0.159. The lowest BCUT2D eigenvalue weighted by atomic mass is 10.1. The molecule has 0 aromatic heterocycles. The van der Waals surface area contributed by atoms with Crippen LogP contribution in [0.2, 0.25) is 0 Å². The summed E-state index contributed by atoms with van der Waals surface area (Å²) in [5.74, 6) is -0.657. The van der Waals surface area contributed by atoms with Gasteiger partial charge in [-0.3, -0.25) is 4.79 Å². The van der Waals surface area contributed by atoms with E-state index in [1.165, 1.54) is 6.07 Å². The van der Waals surface area contributed by atoms with Crippen molar-refractivity contribution in [2.24, 2.45) is 5.92 Å². The molecule has 25 heavy (non-hydrogen) atoms. The zero-order valence-electron chi connectivity index (χ0n) is 14.4. The lowest BCUT2D eigenvalue weighted by molar-refractivity contribution is -0.137. The smallest absolute Gasteiger partial charge is 0.369 e. The van der Waals surface area contributed by atoms with Crippen LogP contribution in [0.15, 0.2) is 48.5 Å². The molecule has 0 atom stereocenters. The molecule has 3 nitrogen and oxygen atoms in total. The molecule has 0 aliphatic rings. The predicted molar refractivity (Wildman–Crippen MR) is 93.5 cm³/mol. The molecule has 2 rings (SSSR count). The van der Waals surface area contributed by atoms with Crippen LogP contribution in [0.5, 0.6) is 0 Å². The summed E-state index contributed by atoms with van der Waals surface area (Å²) in [6.45, 7) is 3.89. The van der Waals surface area contributed by atoms with Crippen LogP contribution in [0.25, 0.3) is 0 Å². The molecule has 2 aromatic carbocycles. The Morgan fingerprint density at radius 1 is 1.12 bits per heavy atom. The number of alkyl halides is 3. The van der Waals surface area contributed by atoms with Gasteiger partial charge in [-0.25, -0.2) is 0 Å². The molecule has 0 saturated carbocycles. The molecule has 0 saturated heterocycles. The molecule has 0 aliphatic heterocycles. The summed E-state index contributed by atoms with van der Waals surface area (Å²) in [4.78, 5) is 13.8. The van der Waals surface area contributed by atoms with E-state index < -0.39 is 11.7 Å². The van der Waals surface area contributed by atoms with Crippen molar-refractivity contribution in [1.82, 2.24) is 0 Å². The Labute approximate surface area is 145 Å². The van der Waals surface area contributed by atoms with Gasteiger partial charge in [-0.2, -0.15) is 13.2 Å². The number of rotatable bonds is 5. The first kappa shape index (κ1) is 18.8. The highest BCUT2D eigenvalue weighted by molar-refractivity contribution is 5.95. The normalized spacial score (nSPS) is 11.5. The number of benzene rings is 2. The highest BCUT2D eigenvalue weighted by Gasteiger charge is 2.31. The molecular weight excluding hydrogens is 329 g/mol. The van der Waals surface area contributed by atoms with Gasteiger partial charge < -0.3 is 10.2 Å². The van der Waals surface area contributed by atoms with Crippen molar-refractivity contribution < 1.29 is 18.0 Å². The molecule has 0 radical (unpaired) electrons. The van der Waals surface area contributed by atoms with Crippen LogP contribution >= 0.6 is 0 Å². The Morgan fingerprint density at radius 3 is 2.32 bits per heavy atom. The third-order valence-corrected chi connectivity index (χ3v) is 3.78. The summed E-state index contributed by atoms with van der Waals surface area (Å²) in [5, 5.41) is 2.61. The number of amides is 1. The standard InChI is InChI=1S/C19H21F3N2O/c1-13(2)18(25)23-16-11-15(19(20,21)22)9-10-17(16)24(3)12-14-7-5-4-6-8-14/h4-11,13H,12H2,1-3H3,(H,23,25). The van der Waals surface area contributed by atoms with Crippen LogP contribution < -0.4 is 10.2 Å². The third-order valence-electron chi connectivity index (χ3n) is 3.78. The molecule has 0 spiro atoms. The van der Waals surface area contributed by atoms with Gasteiger partial charge in [0.15, 0.2) is 0 Å². The van der Waals surface area contributed by atoms with Crippen molar-refractivity contribution in [1.29, 1.82) is 0 Å². The van der Waals surface area contributed by atoms with E-state index in [2.05, 4.69) is 5.32 Å². The maximum absolute atomic E-state index is 13.0. The summed E-state index contributed by atoms with van der Waals surface area (Å²) < 4.78 is 39.1. The number of nitrogens with zero attached hydrogens (tertiary/aromatic N) is 1. The van der Waals surface area contributed by atoms with Crippen molar-refractivity contribution in [3.63, 3.8) is 0 Å². The molecular formula is C19H21F3N2O. The Hall–Kier alpha value is -2.50. The number of halogens is 3. The highest BCUT2D eigenvalue weighted by Crippen LogP contribution is 2.35. The summed E-state index contributed by atoms with van der Waals surface area (Å²) in [6.07, 6.45) is -4.46. The summed E-state index contributed by atoms with van der Waals surface area (Å²) in [6, 6.07) is 13.0. The van der Waals surface area contributed by atoms with Crippen LogP contribution in [0.1, 0.15) is 25.0 Å². The lowest BCUT2D eigenvalue weighted by Crippen LogP contribution is -2.23. The first-order chi connectivity index (χ1) is 11.7. The van der Waals surface area contributed by atoms with Crippen LogP contribution in [0, 0.1) is 5.92 Å². The van der Waals surface area contributed by atoms with Gasteiger partial charge >= 0.3 is 6.18 Å². The van der Waals surface area contributed by atoms with Crippen molar-refractivity contribution in [3.05, 3.63) is 59.7 Å². The van der Waals surface area contributed by atoms with E-state index in [4.69, 9.17) is 0 Å². The van der Waals surface area contributed by atoms with Crippen LogP contribution in [-0.2, 0) is 17.5 Å². The van der Waals surface area contributed by atoms with Gasteiger partial charge in [-0.05, 0) is 23.8 Å². The lowest BCUT2D eigenvalue weighted by Gasteiger charge is -2.24. The van der Waals surface area contributed by atoms with E-state index in [-0.39, 0.29) is 17.5 Å². The fourth-order valence-corrected chi connectivity index (χ4v) is 2.36. The molecule has 0 fully saturated rings. The van der Waals surface area contributed by atoms with Gasteiger partial charge in [0.2, 0.25) is 5.91 Å². The van der Waals surface area contributed by atoms with Crippen LogP contribution in [-0.4, -0.2) is 13.0 Å².